The molecule has 29 heavy (non-hydrogen) atoms. The van der Waals surface area contributed by atoms with Gasteiger partial charge in [0.15, 0.2) is 0 Å². The van der Waals surface area contributed by atoms with Gasteiger partial charge in [0.2, 0.25) is 0 Å². The van der Waals surface area contributed by atoms with E-state index in [1.165, 1.54) is 50.5 Å². The molecule has 0 heterocycles. The molecule has 7 atom stereocenters. The van der Waals surface area contributed by atoms with Gasteiger partial charge in [0.1, 0.15) is 5.60 Å². The zero-order valence-electron chi connectivity index (χ0n) is 17.8. The van der Waals surface area contributed by atoms with Gasteiger partial charge in [0.25, 0.3) is 0 Å². The van der Waals surface area contributed by atoms with E-state index >= 15 is 0 Å². The summed E-state index contributed by atoms with van der Waals surface area (Å²) in [6.45, 7) is 4.18. The lowest BCUT2D eigenvalue weighted by molar-refractivity contribution is -0.0285. The van der Waals surface area contributed by atoms with Crippen LogP contribution in [0.2, 0.25) is 0 Å². The predicted octanol–water partition coefficient (Wildman–Crippen LogP) is 6.37. The van der Waals surface area contributed by atoms with Crippen molar-refractivity contribution in [3.05, 3.63) is 47.5 Å². The Kier molecular flexibility index (Phi) is 4.06. The number of allylic oxidation sites excluding steroid dienone is 2. The number of ether oxygens (including phenoxy) is 1. The highest BCUT2D eigenvalue weighted by Gasteiger charge is 2.60. The first-order chi connectivity index (χ1) is 14.0. The SMILES string of the molecule is CC(C)(OC(=O)c1ccc(C2CC3CC2C2C4C=CC(C4)C32)cc1)C1CCCC1. The number of carbonyl (C=O) groups excluding carboxylic acids is 1. The van der Waals surface area contributed by atoms with Crippen LogP contribution >= 0.6 is 0 Å². The van der Waals surface area contributed by atoms with E-state index in [1.54, 1.807) is 0 Å². The molecule has 4 fully saturated rings. The van der Waals surface area contributed by atoms with Gasteiger partial charge in [-0.1, -0.05) is 37.1 Å². The van der Waals surface area contributed by atoms with E-state index in [9.17, 15) is 4.79 Å². The first-order valence-corrected chi connectivity index (χ1v) is 12.0. The molecule has 4 bridgehead atoms. The van der Waals surface area contributed by atoms with Gasteiger partial charge < -0.3 is 4.74 Å². The zero-order valence-corrected chi connectivity index (χ0v) is 17.8. The van der Waals surface area contributed by atoms with Crippen LogP contribution in [0.5, 0.6) is 0 Å². The Bertz CT molecular complexity index is 829. The number of hydrogen-bond donors (Lipinski definition) is 0. The van der Waals surface area contributed by atoms with Crippen molar-refractivity contribution in [3.63, 3.8) is 0 Å². The Morgan fingerprint density at radius 1 is 0.931 bits per heavy atom. The van der Waals surface area contributed by atoms with E-state index in [-0.39, 0.29) is 11.6 Å². The molecule has 0 saturated heterocycles. The first kappa shape index (κ1) is 18.2. The van der Waals surface area contributed by atoms with Gasteiger partial charge in [-0.2, -0.15) is 0 Å². The molecule has 6 rings (SSSR count). The minimum Gasteiger partial charge on any atom is -0.456 e. The molecule has 1 aromatic rings. The average Bonchev–Trinajstić information content (AvgIpc) is 3.53. The lowest BCUT2D eigenvalue weighted by atomic mass is 9.68. The van der Waals surface area contributed by atoms with Crippen LogP contribution in [0, 0.1) is 41.4 Å². The maximum atomic E-state index is 12.8. The summed E-state index contributed by atoms with van der Waals surface area (Å²) in [6.07, 6.45) is 14.2. The summed E-state index contributed by atoms with van der Waals surface area (Å²) in [5, 5.41) is 0. The lowest BCUT2D eigenvalue weighted by Crippen LogP contribution is -2.35. The molecule has 0 spiro atoms. The van der Waals surface area contributed by atoms with Gasteiger partial charge in [-0.25, -0.2) is 4.79 Å². The molecule has 1 aromatic carbocycles. The maximum absolute atomic E-state index is 12.8. The summed E-state index contributed by atoms with van der Waals surface area (Å²) in [4.78, 5) is 12.8. The van der Waals surface area contributed by atoms with Crippen LogP contribution in [0.15, 0.2) is 36.4 Å². The third-order valence-corrected chi connectivity index (χ3v) is 9.54. The van der Waals surface area contributed by atoms with Gasteiger partial charge in [0.05, 0.1) is 5.56 Å². The lowest BCUT2D eigenvalue weighted by Gasteiger charge is -2.37. The smallest absolute Gasteiger partial charge is 0.338 e. The third-order valence-electron chi connectivity index (χ3n) is 9.54. The highest BCUT2D eigenvalue weighted by Crippen LogP contribution is 2.68. The molecular weight excluding hydrogens is 356 g/mol. The molecule has 0 radical (unpaired) electrons. The van der Waals surface area contributed by atoms with Crippen LogP contribution in [0.25, 0.3) is 0 Å². The Morgan fingerprint density at radius 2 is 1.62 bits per heavy atom. The number of fused-ring (bicyclic) bond motifs is 9. The molecule has 154 valence electrons. The van der Waals surface area contributed by atoms with Crippen LogP contribution in [0.3, 0.4) is 0 Å². The normalized spacial score (nSPS) is 40.0. The van der Waals surface area contributed by atoms with E-state index in [0.29, 0.717) is 17.4 Å². The summed E-state index contributed by atoms with van der Waals surface area (Å²) in [5.74, 6) is 6.52. The number of hydrogen-bond acceptors (Lipinski definition) is 2. The van der Waals surface area contributed by atoms with E-state index in [1.807, 2.05) is 12.1 Å². The highest BCUT2D eigenvalue weighted by atomic mass is 16.6. The molecule has 4 saturated carbocycles. The molecular formula is C27H34O2. The fourth-order valence-corrected chi connectivity index (χ4v) is 8.27. The molecule has 5 aliphatic carbocycles. The highest BCUT2D eigenvalue weighted by molar-refractivity contribution is 5.89. The molecule has 5 aliphatic rings. The standard InChI is InChI=1S/C27H34O2/c1-27(2,21-5-3-4-6-21)29-26(28)17-9-7-16(8-10-17)22-14-20-15-23(22)25-19-12-11-18(13-19)24(20)25/h7-12,18-25H,3-6,13-15H2,1-2H3. The van der Waals surface area contributed by atoms with E-state index in [0.717, 1.165) is 35.5 Å². The topological polar surface area (TPSA) is 26.3 Å². The van der Waals surface area contributed by atoms with Crippen molar-refractivity contribution in [2.45, 2.75) is 70.3 Å². The summed E-state index contributed by atoms with van der Waals surface area (Å²) in [6, 6.07) is 8.49. The van der Waals surface area contributed by atoms with Gasteiger partial charge in [-0.15, -0.1) is 0 Å². The monoisotopic (exact) mass is 390 g/mol. The Balaban J connectivity index is 1.15. The van der Waals surface area contributed by atoms with Crippen molar-refractivity contribution in [1.29, 1.82) is 0 Å². The van der Waals surface area contributed by atoms with E-state index in [4.69, 9.17) is 4.74 Å². The van der Waals surface area contributed by atoms with E-state index < -0.39 is 0 Å². The quantitative estimate of drug-likeness (QED) is 0.339. The molecule has 0 aromatic heterocycles. The van der Waals surface area contributed by atoms with Gasteiger partial charge >= 0.3 is 5.97 Å². The fourth-order valence-electron chi connectivity index (χ4n) is 8.27. The summed E-state index contributed by atoms with van der Waals surface area (Å²) >= 11 is 0. The molecule has 0 amide bonds. The number of carbonyl (C=O) groups is 1. The summed E-state index contributed by atoms with van der Waals surface area (Å²) in [7, 11) is 0. The van der Waals surface area contributed by atoms with Crippen molar-refractivity contribution < 1.29 is 9.53 Å². The number of benzene rings is 1. The molecule has 2 heteroatoms. The minimum atomic E-state index is -0.360. The largest absolute Gasteiger partial charge is 0.456 e. The number of esters is 1. The molecule has 0 aliphatic heterocycles. The molecule has 0 N–H and O–H groups in total. The molecule has 7 unspecified atom stereocenters. The Labute approximate surface area is 175 Å². The second kappa shape index (κ2) is 6.46. The van der Waals surface area contributed by atoms with Crippen LogP contribution in [-0.2, 0) is 4.74 Å². The number of rotatable bonds is 4. The van der Waals surface area contributed by atoms with Crippen molar-refractivity contribution in [2.75, 3.05) is 0 Å². The van der Waals surface area contributed by atoms with Crippen molar-refractivity contribution in [2.24, 2.45) is 41.4 Å². The maximum Gasteiger partial charge on any atom is 0.338 e. The Morgan fingerprint density at radius 3 is 2.34 bits per heavy atom. The zero-order chi connectivity index (χ0) is 19.8. The van der Waals surface area contributed by atoms with Gasteiger partial charge in [0, 0.05) is 0 Å². The predicted molar refractivity (Wildman–Crippen MR) is 115 cm³/mol. The Hall–Kier alpha value is -1.57. The van der Waals surface area contributed by atoms with Gasteiger partial charge in [-0.05, 0) is 111 Å². The average molecular weight is 391 g/mol. The third kappa shape index (κ3) is 2.77. The summed E-state index contributed by atoms with van der Waals surface area (Å²) < 4.78 is 5.97. The van der Waals surface area contributed by atoms with Crippen molar-refractivity contribution in [3.8, 4) is 0 Å². The first-order valence-electron chi connectivity index (χ1n) is 12.0. The van der Waals surface area contributed by atoms with Crippen LogP contribution in [0.4, 0.5) is 0 Å². The van der Waals surface area contributed by atoms with Crippen LogP contribution in [-0.4, -0.2) is 11.6 Å². The fraction of sp³-hybridized carbons (Fsp3) is 0.667. The molecule has 2 nitrogen and oxygen atoms in total. The second-order valence-electron chi connectivity index (χ2n) is 11.2. The van der Waals surface area contributed by atoms with Crippen LogP contribution in [0.1, 0.15) is 80.6 Å². The minimum absolute atomic E-state index is 0.153. The van der Waals surface area contributed by atoms with Crippen LogP contribution < -0.4 is 0 Å². The van der Waals surface area contributed by atoms with Crippen molar-refractivity contribution >= 4 is 5.97 Å². The van der Waals surface area contributed by atoms with Crippen molar-refractivity contribution in [1.82, 2.24) is 0 Å². The summed E-state index contributed by atoms with van der Waals surface area (Å²) in [5.41, 5.74) is 1.80. The van der Waals surface area contributed by atoms with E-state index in [2.05, 4.69) is 38.1 Å². The second-order valence-corrected chi connectivity index (χ2v) is 11.2. The van der Waals surface area contributed by atoms with Gasteiger partial charge in [-0.3, -0.25) is 0 Å².